The number of carbonyl (C=O) groups is 1. The van der Waals surface area contributed by atoms with Gasteiger partial charge in [-0.3, -0.25) is 4.90 Å². The maximum atomic E-state index is 12.2. The third-order valence-electron chi connectivity index (χ3n) is 4.98. The number of rotatable bonds is 5. The average molecular weight is 329 g/mol. The molecule has 1 aliphatic carbocycles. The monoisotopic (exact) mass is 329 g/mol. The minimum atomic E-state index is -0.117. The summed E-state index contributed by atoms with van der Waals surface area (Å²) in [6.45, 7) is 2.73. The summed E-state index contributed by atoms with van der Waals surface area (Å²) in [5, 5.41) is 15.7. The SMILES string of the molecule is O=C(NC1CC=CC1)NC1CN(Cc2ccccc2)CCC1CO. The van der Waals surface area contributed by atoms with Gasteiger partial charge in [-0.15, -0.1) is 0 Å². The zero-order valence-electron chi connectivity index (χ0n) is 14.0. The highest BCUT2D eigenvalue weighted by atomic mass is 16.3. The van der Waals surface area contributed by atoms with Crippen molar-refractivity contribution in [1.29, 1.82) is 0 Å². The van der Waals surface area contributed by atoms with Crippen LogP contribution in [0.3, 0.4) is 0 Å². The fourth-order valence-corrected chi connectivity index (χ4v) is 3.57. The molecule has 1 aliphatic heterocycles. The van der Waals surface area contributed by atoms with Crippen molar-refractivity contribution in [2.24, 2.45) is 5.92 Å². The number of carbonyl (C=O) groups excluding carboxylic acids is 1. The zero-order chi connectivity index (χ0) is 16.8. The van der Waals surface area contributed by atoms with Gasteiger partial charge in [0, 0.05) is 37.7 Å². The maximum absolute atomic E-state index is 12.2. The smallest absolute Gasteiger partial charge is 0.315 e. The van der Waals surface area contributed by atoms with E-state index in [0.29, 0.717) is 0 Å². The Bertz CT molecular complexity index is 553. The highest BCUT2D eigenvalue weighted by Gasteiger charge is 2.30. The van der Waals surface area contributed by atoms with Crippen LogP contribution in [0.5, 0.6) is 0 Å². The number of benzene rings is 1. The van der Waals surface area contributed by atoms with Crippen LogP contribution < -0.4 is 10.6 Å². The third-order valence-corrected chi connectivity index (χ3v) is 4.98. The van der Waals surface area contributed by atoms with E-state index in [-0.39, 0.29) is 30.6 Å². The minimum Gasteiger partial charge on any atom is -0.396 e. The van der Waals surface area contributed by atoms with Crippen LogP contribution >= 0.6 is 0 Å². The van der Waals surface area contributed by atoms with Crippen LogP contribution in [-0.4, -0.2) is 47.8 Å². The molecule has 3 N–H and O–H groups in total. The number of aliphatic hydroxyl groups is 1. The molecule has 1 saturated heterocycles. The van der Waals surface area contributed by atoms with E-state index in [9.17, 15) is 9.90 Å². The lowest BCUT2D eigenvalue weighted by molar-refractivity contribution is 0.0944. The number of likely N-dealkylation sites (tertiary alicyclic amines) is 1. The zero-order valence-corrected chi connectivity index (χ0v) is 14.0. The molecule has 1 aromatic rings. The van der Waals surface area contributed by atoms with Crippen molar-refractivity contribution in [1.82, 2.24) is 15.5 Å². The molecule has 130 valence electrons. The van der Waals surface area contributed by atoms with Gasteiger partial charge in [0.15, 0.2) is 0 Å². The molecule has 1 fully saturated rings. The Hall–Kier alpha value is -1.85. The summed E-state index contributed by atoms with van der Waals surface area (Å²) < 4.78 is 0. The molecule has 0 spiro atoms. The number of nitrogens with one attached hydrogen (secondary N) is 2. The molecule has 2 unspecified atom stereocenters. The fourth-order valence-electron chi connectivity index (χ4n) is 3.57. The van der Waals surface area contributed by atoms with Gasteiger partial charge in [0.1, 0.15) is 0 Å². The molecule has 2 atom stereocenters. The van der Waals surface area contributed by atoms with Gasteiger partial charge in [0.25, 0.3) is 0 Å². The van der Waals surface area contributed by atoms with E-state index in [4.69, 9.17) is 0 Å². The lowest BCUT2D eigenvalue weighted by Gasteiger charge is -2.38. The predicted molar refractivity (Wildman–Crippen MR) is 94.5 cm³/mol. The number of urea groups is 1. The van der Waals surface area contributed by atoms with E-state index in [1.165, 1.54) is 5.56 Å². The van der Waals surface area contributed by atoms with Crippen LogP contribution in [0.25, 0.3) is 0 Å². The Morgan fingerprint density at radius 2 is 1.92 bits per heavy atom. The van der Waals surface area contributed by atoms with E-state index in [2.05, 4.69) is 52.0 Å². The first-order chi connectivity index (χ1) is 11.7. The molecule has 3 rings (SSSR count). The number of hydrogen-bond acceptors (Lipinski definition) is 3. The molecule has 0 aromatic heterocycles. The van der Waals surface area contributed by atoms with E-state index in [1.54, 1.807) is 0 Å². The van der Waals surface area contributed by atoms with Crippen molar-refractivity contribution in [3.63, 3.8) is 0 Å². The molecule has 24 heavy (non-hydrogen) atoms. The first kappa shape index (κ1) is 17.0. The van der Waals surface area contributed by atoms with Crippen LogP contribution in [-0.2, 0) is 6.54 Å². The number of amides is 2. The normalized spacial score (nSPS) is 24.9. The molecule has 0 radical (unpaired) electrons. The van der Waals surface area contributed by atoms with Crippen molar-refractivity contribution in [2.45, 2.75) is 37.9 Å². The number of piperidine rings is 1. The number of hydrogen-bond donors (Lipinski definition) is 3. The summed E-state index contributed by atoms with van der Waals surface area (Å²) in [6.07, 6.45) is 6.91. The molecule has 1 heterocycles. The Morgan fingerprint density at radius 3 is 2.62 bits per heavy atom. The summed E-state index contributed by atoms with van der Waals surface area (Å²) >= 11 is 0. The molecule has 0 bridgehead atoms. The van der Waals surface area contributed by atoms with E-state index >= 15 is 0 Å². The molecule has 5 nitrogen and oxygen atoms in total. The minimum absolute atomic E-state index is 0.0122. The van der Waals surface area contributed by atoms with Gasteiger partial charge in [-0.05, 0) is 31.4 Å². The first-order valence-electron chi connectivity index (χ1n) is 8.84. The number of nitrogens with zero attached hydrogens (tertiary/aromatic N) is 1. The third kappa shape index (κ3) is 4.58. The van der Waals surface area contributed by atoms with Crippen LogP contribution in [0.1, 0.15) is 24.8 Å². The molecule has 0 saturated carbocycles. The topological polar surface area (TPSA) is 64.6 Å². The van der Waals surface area contributed by atoms with Crippen molar-refractivity contribution in [3.05, 3.63) is 48.0 Å². The summed E-state index contributed by atoms with van der Waals surface area (Å²) in [4.78, 5) is 14.6. The Balaban J connectivity index is 1.53. The van der Waals surface area contributed by atoms with Gasteiger partial charge < -0.3 is 15.7 Å². The second-order valence-electron chi connectivity index (χ2n) is 6.82. The van der Waals surface area contributed by atoms with Crippen LogP contribution in [0.2, 0.25) is 0 Å². The second kappa shape index (κ2) is 8.31. The first-order valence-corrected chi connectivity index (χ1v) is 8.84. The van der Waals surface area contributed by atoms with Crippen LogP contribution in [0.4, 0.5) is 4.79 Å². The van der Waals surface area contributed by atoms with Gasteiger partial charge in [0.05, 0.1) is 0 Å². The lowest BCUT2D eigenvalue weighted by atomic mass is 9.92. The van der Waals surface area contributed by atoms with Gasteiger partial charge in [-0.1, -0.05) is 42.5 Å². The summed E-state index contributed by atoms with van der Waals surface area (Å²) in [5.41, 5.74) is 1.28. The summed E-state index contributed by atoms with van der Waals surface area (Å²) in [5.74, 6) is 0.129. The summed E-state index contributed by atoms with van der Waals surface area (Å²) in [6, 6.07) is 10.5. The Morgan fingerprint density at radius 1 is 1.17 bits per heavy atom. The van der Waals surface area contributed by atoms with Crippen LogP contribution in [0, 0.1) is 5.92 Å². The molecule has 2 aliphatic rings. The Kier molecular flexibility index (Phi) is 5.88. The largest absolute Gasteiger partial charge is 0.396 e. The molecule has 2 amide bonds. The molecular weight excluding hydrogens is 302 g/mol. The fraction of sp³-hybridized carbons (Fsp3) is 0.526. The van der Waals surface area contributed by atoms with Crippen molar-refractivity contribution >= 4 is 6.03 Å². The van der Waals surface area contributed by atoms with E-state index in [1.807, 2.05) is 6.07 Å². The quantitative estimate of drug-likeness (QED) is 0.723. The van der Waals surface area contributed by atoms with E-state index in [0.717, 1.165) is 38.9 Å². The highest BCUT2D eigenvalue weighted by molar-refractivity contribution is 5.74. The summed E-state index contributed by atoms with van der Waals surface area (Å²) in [7, 11) is 0. The predicted octanol–water partition coefficient (Wildman–Crippen LogP) is 1.89. The van der Waals surface area contributed by atoms with Gasteiger partial charge in [-0.25, -0.2) is 4.79 Å². The molecular formula is C19H27N3O2. The highest BCUT2D eigenvalue weighted by Crippen LogP contribution is 2.19. The second-order valence-corrected chi connectivity index (χ2v) is 6.82. The molecule has 5 heteroatoms. The average Bonchev–Trinajstić information content (AvgIpc) is 3.09. The standard InChI is InChI=1S/C19H27N3O2/c23-14-16-10-11-22(12-15-6-2-1-3-7-15)13-18(16)21-19(24)20-17-8-4-5-9-17/h1-7,16-18,23H,8-14H2,(H2,20,21,24). The van der Waals surface area contributed by atoms with Gasteiger partial charge in [-0.2, -0.15) is 0 Å². The van der Waals surface area contributed by atoms with Crippen LogP contribution in [0.15, 0.2) is 42.5 Å². The van der Waals surface area contributed by atoms with Crippen molar-refractivity contribution in [3.8, 4) is 0 Å². The van der Waals surface area contributed by atoms with Crippen molar-refractivity contribution in [2.75, 3.05) is 19.7 Å². The van der Waals surface area contributed by atoms with Crippen molar-refractivity contribution < 1.29 is 9.90 Å². The maximum Gasteiger partial charge on any atom is 0.315 e. The molecule has 1 aromatic carbocycles. The van der Waals surface area contributed by atoms with Gasteiger partial charge in [0.2, 0.25) is 0 Å². The van der Waals surface area contributed by atoms with Gasteiger partial charge >= 0.3 is 6.03 Å². The number of aliphatic hydroxyl groups excluding tert-OH is 1. The lowest BCUT2D eigenvalue weighted by Crippen LogP contribution is -2.56. The Labute approximate surface area is 143 Å². The van der Waals surface area contributed by atoms with E-state index < -0.39 is 0 Å².